The second kappa shape index (κ2) is 5.21. The van der Waals surface area contributed by atoms with Crippen LogP contribution in [0.15, 0.2) is 28.5 Å². The Morgan fingerprint density at radius 2 is 2.09 bits per heavy atom. The number of hydrogen-bond acceptors (Lipinski definition) is 6. The molecule has 114 valence electrons. The summed E-state index contributed by atoms with van der Waals surface area (Å²) in [4.78, 5) is 35.3. The summed E-state index contributed by atoms with van der Waals surface area (Å²) in [5.74, 6) is -1.27. The van der Waals surface area contributed by atoms with Crippen LogP contribution in [0.2, 0.25) is 0 Å². The Hall–Kier alpha value is -2.77. The van der Waals surface area contributed by atoms with E-state index in [1.807, 2.05) is 26.0 Å². The number of fused-ring (bicyclic) bond motifs is 1. The summed E-state index contributed by atoms with van der Waals surface area (Å²) in [6.45, 7) is 3.73. The van der Waals surface area contributed by atoms with Crippen LogP contribution >= 0.6 is 0 Å². The maximum Gasteiger partial charge on any atom is 0.256 e. The standard InChI is InChI=1S/C14H15N5O3/c1-7-4-3-5-9(8(7)2)15-10(20)6-19-12-11(17-18-19)13(21)16-14(12)22/h3-5,11-12H,6H2,1-2H3,(H,15,20)(H,16,21,22)/t11-,12+/m0/s1. The first-order chi connectivity index (χ1) is 10.5. The van der Waals surface area contributed by atoms with Crippen molar-refractivity contribution in [2.75, 3.05) is 11.9 Å². The van der Waals surface area contributed by atoms with Gasteiger partial charge < -0.3 is 5.32 Å². The number of amides is 3. The van der Waals surface area contributed by atoms with Gasteiger partial charge in [-0.3, -0.25) is 24.7 Å². The van der Waals surface area contributed by atoms with Crippen molar-refractivity contribution in [2.24, 2.45) is 10.3 Å². The third-order valence-electron chi connectivity index (χ3n) is 3.88. The largest absolute Gasteiger partial charge is 0.324 e. The average Bonchev–Trinajstić information content (AvgIpc) is 2.99. The van der Waals surface area contributed by atoms with Gasteiger partial charge in [-0.25, -0.2) is 0 Å². The van der Waals surface area contributed by atoms with E-state index in [0.717, 1.165) is 11.1 Å². The summed E-state index contributed by atoms with van der Waals surface area (Å²) in [5, 5.41) is 13.7. The number of nitrogens with one attached hydrogen (secondary N) is 2. The smallest absolute Gasteiger partial charge is 0.256 e. The monoisotopic (exact) mass is 301 g/mol. The van der Waals surface area contributed by atoms with Gasteiger partial charge >= 0.3 is 0 Å². The van der Waals surface area contributed by atoms with Crippen LogP contribution in [0.1, 0.15) is 11.1 Å². The van der Waals surface area contributed by atoms with Crippen molar-refractivity contribution in [3.05, 3.63) is 29.3 Å². The molecule has 22 heavy (non-hydrogen) atoms. The Morgan fingerprint density at radius 1 is 1.32 bits per heavy atom. The number of nitrogens with zero attached hydrogens (tertiary/aromatic N) is 3. The second-order valence-corrected chi connectivity index (χ2v) is 5.34. The van der Waals surface area contributed by atoms with Gasteiger partial charge in [0.1, 0.15) is 6.54 Å². The lowest BCUT2D eigenvalue weighted by atomic mass is 10.1. The van der Waals surface area contributed by atoms with Crippen molar-refractivity contribution in [2.45, 2.75) is 25.9 Å². The molecule has 3 rings (SSSR count). The molecule has 1 aromatic carbocycles. The highest BCUT2D eigenvalue weighted by Gasteiger charge is 2.49. The molecule has 1 saturated heterocycles. The summed E-state index contributed by atoms with van der Waals surface area (Å²) in [5.41, 5.74) is 2.76. The van der Waals surface area contributed by atoms with Crippen LogP contribution in [-0.4, -0.2) is 41.4 Å². The van der Waals surface area contributed by atoms with Crippen molar-refractivity contribution in [1.29, 1.82) is 0 Å². The van der Waals surface area contributed by atoms with Gasteiger partial charge in [0.15, 0.2) is 12.1 Å². The number of benzene rings is 1. The molecule has 0 aliphatic carbocycles. The molecule has 0 bridgehead atoms. The van der Waals surface area contributed by atoms with E-state index in [1.165, 1.54) is 5.01 Å². The van der Waals surface area contributed by atoms with Crippen LogP contribution in [0.4, 0.5) is 5.69 Å². The number of rotatable bonds is 3. The lowest BCUT2D eigenvalue weighted by Crippen LogP contribution is -2.42. The zero-order valence-corrected chi connectivity index (χ0v) is 12.2. The first-order valence-corrected chi connectivity index (χ1v) is 6.85. The topological polar surface area (TPSA) is 103 Å². The van der Waals surface area contributed by atoms with Gasteiger partial charge in [0.2, 0.25) is 5.91 Å². The van der Waals surface area contributed by atoms with Gasteiger partial charge in [0.25, 0.3) is 11.8 Å². The van der Waals surface area contributed by atoms with E-state index in [-0.39, 0.29) is 12.5 Å². The van der Waals surface area contributed by atoms with Gasteiger partial charge in [-0.2, -0.15) is 5.11 Å². The molecule has 2 N–H and O–H groups in total. The molecule has 0 aromatic heterocycles. The highest BCUT2D eigenvalue weighted by Crippen LogP contribution is 2.23. The van der Waals surface area contributed by atoms with Gasteiger partial charge in [0.05, 0.1) is 0 Å². The van der Waals surface area contributed by atoms with Crippen LogP contribution in [-0.2, 0) is 14.4 Å². The lowest BCUT2D eigenvalue weighted by molar-refractivity contribution is -0.126. The molecule has 2 aliphatic rings. The van der Waals surface area contributed by atoms with Crippen molar-refractivity contribution in [3.63, 3.8) is 0 Å². The second-order valence-electron chi connectivity index (χ2n) is 5.34. The average molecular weight is 301 g/mol. The molecule has 3 amide bonds. The van der Waals surface area contributed by atoms with Crippen molar-refractivity contribution >= 4 is 23.4 Å². The van der Waals surface area contributed by atoms with Crippen LogP contribution < -0.4 is 10.6 Å². The normalized spacial score (nSPS) is 22.7. The molecule has 8 nitrogen and oxygen atoms in total. The van der Waals surface area contributed by atoms with E-state index < -0.39 is 23.9 Å². The fourth-order valence-corrected chi connectivity index (χ4v) is 2.50. The Kier molecular flexibility index (Phi) is 3.36. The molecule has 0 unspecified atom stereocenters. The highest BCUT2D eigenvalue weighted by atomic mass is 16.2. The molecule has 1 aromatic rings. The van der Waals surface area contributed by atoms with Crippen LogP contribution in [0.3, 0.4) is 0 Å². The summed E-state index contributed by atoms with van der Waals surface area (Å²) >= 11 is 0. The number of carbonyl (C=O) groups is 3. The van der Waals surface area contributed by atoms with E-state index in [1.54, 1.807) is 6.07 Å². The molecule has 1 fully saturated rings. The number of imide groups is 1. The zero-order valence-electron chi connectivity index (χ0n) is 12.2. The Bertz CT molecular complexity index is 700. The molecule has 0 saturated carbocycles. The minimum absolute atomic E-state index is 0.140. The predicted octanol–water partition coefficient (Wildman–Crippen LogP) is 0.318. The molecule has 8 heteroatoms. The molecular weight excluding hydrogens is 286 g/mol. The van der Waals surface area contributed by atoms with Gasteiger partial charge in [-0.1, -0.05) is 17.4 Å². The molecule has 2 atom stereocenters. The molecular formula is C14H15N5O3. The zero-order chi connectivity index (χ0) is 15.9. The van der Waals surface area contributed by atoms with Gasteiger partial charge in [0, 0.05) is 5.69 Å². The molecule has 2 heterocycles. The third-order valence-corrected chi connectivity index (χ3v) is 3.88. The lowest BCUT2D eigenvalue weighted by Gasteiger charge is -2.18. The van der Waals surface area contributed by atoms with E-state index >= 15 is 0 Å². The summed E-state index contributed by atoms with van der Waals surface area (Å²) in [6, 6.07) is 3.95. The van der Waals surface area contributed by atoms with Crippen molar-refractivity contribution in [3.8, 4) is 0 Å². The minimum atomic E-state index is -0.846. The fourth-order valence-electron chi connectivity index (χ4n) is 2.50. The van der Waals surface area contributed by atoms with E-state index in [4.69, 9.17) is 0 Å². The predicted molar refractivity (Wildman–Crippen MR) is 76.8 cm³/mol. The third kappa shape index (κ3) is 2.32. The summed E-state index contributed by atoms with van der Waals surface area (Å²) in [7, 11) is 0. The van der Waals surface area contributed by atoms with E-state index in [0.29, 0.717) is 5.69 Å². The van der Waals surface area contributed by atoms with Crippen molar-refractivity contribution in [1.82, 2.24) is 10.3 Å². The summed E-state index contributed by atoms with van der Waals surface area (Å²) < 4.78 is 0. The maximum absolute atomic E-state index is 12.1. The maximum atomic E-state index is 12.1. The first-order valence-electron chi connectivity index (χ1n) is 6.85. The fraction of sp³-hybridized carbons (Fsp3) is 0.357. The molecule has 0 spiro atoms. The molecule has 2 aliphatic heterocycles. The number of anilines is 1. The van der Waals surface area contributed by atoms with Crippen molar-refractivity contribution < 1.29 is 14.4 Å². The van der Waals surface area contributed by atoms with E-state index in [9.17, 15) is 14.4 Å². The Labute approximate surface area is 126 Å². The quantitative estimate of drug-likeness (QED) is 0.784. The Morgan fingerprint density at radius 3 is 2.86 bits per heavy atom. The van der Waals surface area contributed by atoms with E-state index in [2.05, 4.69) is 21.0 Å². The first kappa shape index (κ1) is 14.2. The number of aryl methyl sites for hydroxylation is 1. The SMILES string of the molecule is Cc1cccc(NC(=O)CN2N=N[C@@H]3C(=O)NC(=O)[C@@H]32)c1C. The Balaban J connectivity index is 1.68. The van der Waals surface area contributed by atoms with Gasteiger partial charge in [-0.15, -0.1) is 0 Å². The van der Waals surface area contributed by atoms with Crippen LogP contribution in [0.5, 0.6) is 0 Å². The summed E-state index contributed by atoms with van der Waals surface area (Å²) in [6.07, 6.45) is 0. The van der Waals surface area contributed by atoms with Gasteiger partial charge in [-0.05, 0) is 31.0 Å². The van der Waals surface area contributed by atoms with Crippen LogP contribution in [0.25, 0.3) is 0 Å². The minimum Gasteiger partial charge on any atom is -0.324 e. The van der Waals surface area contributed by atoms with Crippen LogP contribution in [0, 0.1) is 13.8 Å². The highest BCUT2D eigenvalue weighted by molar-refractivity contribution is 6.09. The number of hydrogen-bond donors (Lipinski definition) is 2. The molecule has 0 radical (unpaired) electrons. The number of carbonyl (C=O) groups excluding carboxylic acids is 3.